The number of aliphatic hydroxyl groups excluding tert-OH is 1. The fourth-order valence-corrected chi connectivity index (χ4v) is 3.86. The first-order valence-corrected chi connectivity index (χ1v) is 9.41. The average molecular weight is 424 g/mol. The van der Waals surface area contributed by atoms with Gasteiger partial charge in [-0.25, -0.2) is 4.79 Å². The molecule has 0 amide bonds. The van der Waals surface area contributed by atoms with E-state index in [9.17, 15) is 9.90 Å². The lowest BCUT2D eigenvalue weighted by atomic mass is 10.2. The molecular formula is C17H18BrN3O3S. The van der Waals surface area contributed by atoms with Gasteiger partial charge in [0.05, 0.1) is 16.4 Å². The monoisotopic (exact) mass is 423 g/mol. The van der Waals surface area contributed by atoms with E-state index in [1.165, 1.54) is 10.1 Å². The van der Waals surface area contributed by atoms with Crippen molar-refractivity contribution in [1.82, 2.24) is 14.6 Å². The average Bonchev–Trinajstić information content (AvgIpc) is 3.14. The summed E-state index contributed by atoms with van der Waals surface area (Å²) in [5.74, 6) is -0.142. The molecule has 0 aliphatic carbocycles. The molecule has 1 unspecified atom stereocenters. The molecule has 0 saturated carbocycles. The second-order valence-corrected chi connectivity index (χ2v) is 8.15. The van der Waals surface area contributed by atoms with Crippen LogP contribution in [0.15, 0.2) is 54.9 Å². The van der Waals surface area contributed by atoms with Crippen molar-refractivity contribution in [3.8, 4) is 11.4 Å². The van der Waals surface area contributed by atoms with Crippen molar-refractivity contribution in [2.24, 2.45) is 0 Å². The Balaban J connectivity index is 1.66. The molecule has 1 aromatic carbocycles. The Morgan fingerprint density at radius 1 is 1.40 bits per heavy atom. The van der Waals surface area contributed by atoms with E-state index < -0.39 is 11.9 Å². The molecule has 1 atom stereocenters. The van der Waals surface area contributed by atoms with Crippen molar-refractivity contribution in [3.05, 3.63) is 61.7 Å². The van der Waals surface area contributed by atoms with E-state index in [2.05, 4.69) is 32.5 Å². The number of aliphatic hydroxyl groups is 1. The number of thiophene rings is 1. The Kier molecular flexibility index (Phi) is 5.85. The largest absolute Gasteiger partial charge is 0.441 e. The molecule has 132 valence electrons. The highest BCUT2D eigenvalue weighted by Crippen LogP contribution is 2.21. The van der Waals surface area contributed by atoms with Crippen LogP contribution in [0.1, 0.15) is 5.56 Å². The summed E-state index contributed by atoms with van der Waals surface area (Å²) in [6.45, 7) is 1.28. The lowest BCUT2D eigenvalue weighted by molar-refractivity contribution is 0.105. The molecule has 0 bridgehead atoms. The highest BCUT2D eigenvalue weighted by molar-refractivity contribution is 9.11. The molecule has 0 fully saturated rings. The third-order valence-corrected chi connectivity index (χ3v) is 5.26. The highest BCUT2D eigenvalue weighted by atomic mass is 79.9. The van der Waals surface area contributed by atoms with Crippen LogP contribution in [0, 0.1) is 0 Å². The molecule has 25 heavy (non-hydrogen) atoms. The molecule has 8 heteroatoms. The van der Waals surface area contributed by atoms with E-state index in [-0.39, 0.29) is 6.54 Å². The van der Waals surface area contributed by atoms with Gasteiger partial charge in [0.25, 0.3) is 0 Å². The summed E-state index contributed by atoms with van der Waals surface area (Å²) >= 11 is 5.08. The Labute approximate surface area is 157 Å². The minimum Gasteiger partial charge on any atom is -0.390 e. The summed E-state index contributed by atoms with van der Waals surface area (Å²) in [6, 6.07) is 11.4. The van der Waals surface area contributed by atoms with Crippen LogP contribution in [-0.4, -0.2) is 39.4 Å². The number of aromatic nitrogens is 2. The van der Waals surface area contributed by atoms with E-state index in [1.807, 2.05) is 42.3 Å². The van der Waals surface area contributed by atoms with Crippen molar-refractivity contribution in [3.63, 3.8) is 0 Å². The molecule has 0 aliphatic heterocycles. The number of likely N-dealkylation sites (N-methyl/N-ethyl adjacent to an activating group) is 1. The van der Waals surface area contributed by atoms with E-state index >= 15 is 0 Å². The smallest absolute Gasteiger partial charge is 0.390 e. The van der Waals surface area contributed by atoms with Crippen LogP contribution < -0.4 is 5.76 Å². The topological polar surface area (TPSA) is 71.5 Å². The maximum absolute atomic E-state index is 11.9. The van der Waals surface area contributed by atoms with Gasteiger partial charge in [-0.3, -0.25) is 14.0 Å². The Morgan fingerprint density at radius 3 is 2.84 bits per heavy atom. The summed E-state index contributed by atoms with van der Waals surface area (Å²) in [4.78, 5) is 13.9. The molecule has 0 spiro atoms. The summed E-state index contributed by atoms with van der Waals surface area (Å²) in [5.41, 5.74) is 1.95. The summed E-state index contributed by atoms with van der Waals surface area (Å²) in [5, 5.41) is 16.3. The quantitative estimate of drug-likeness (QED) is 0.632. The summed E-state index contributed by atoms with van der Waals surface area (Å²) in [7, 11) is 1.93. The molecule has 3 aromatic rings. The van der Waals surface area contributed by atoms with E-state index in [0.29, 0.717) is 12.4 Å². The van der Waals surface area contributed by atoms with Crippen molar-refractivity contribution in [2.75, 3.05) is 13.6 Å². The van der Waals surface area contributed by atoms with Crippen LogP contribution in [0.5, 0.6) is 0 Å². The Morgan fingerprint density at radius 2 is 2.16 bits per heavy atom. The Bertz CT molecular complexity index is 875. The highest BCUT2D eigenvalue weighted by Gasteiger charge is 2.17. The van der Waals surface area contributed by atoms with E-state index in [0.717, 1.165) is 15.9 Å². The van der Waals surface area contributed by atoms with Crippen LogP contribution in [0.2, 0.25) is 0 Å². The predicted molar refractivity (Wildman–Crippen MR) is 101 cm³/mol. The van der Waals surface area contributed by atoms with Crippen LogP contribution in [0.3, 0.4) is 0 Å². The van der Waals surface area contributed by atoms with E-state index in [1.54, 1.807) is 11.3 Å². The van der Waals surface area contributed by atoms with Gasteiger partial charge in [-0.15, -0.1) is 11.3 Å². The van der Waals surface area contributed by atoms with Gasteiger partial charge in [0, 0.05) is 18.7 Å². The molecule has 1 N–H and O–H groups in total. The zero-order chi connectivity index (χ0) is 17.8. The van der Waals surface area contributed by atoms with Gasteiger partial charge in [-0.05, 0) is 40.0 Å². The summed E-state index contributed by atoms with van der Waals surface area (Å²) in [6.07, 6.45) is -0.716. The van der Waals surface area contributed by atoms with Gasteiger partial charge in [0.15, 0.2) is 5.82 Å². The molecule has 2 heterocycles. The predicted octanol–water partition coefficient (Wildman–Crippen LogP) is 2.82. The number of nitrogens with zero attached hydrogens (tertiary/aromatic N) is 3. The zero-order valence-electron chi connectivity index (χ0n) is 13.6. The van der Waals surface area contributed by atoms with E-state index in [4.69, 9.17) is 4.52 Å². The zero-order valence-corrected chi connectivity index (χ0v) is 16.0. The van der Waals surface area contributed by atoms with Gasteiger partial charge in [-0.2, -0.15) is 0 Å². The number of hydrogen-bond acceptors (Lipinski definition) is 6. The second kappa shape index (κ2) is 8.09. The molecule has 2 aromatic heterocycles. The first-order chi connectivity index (χ1) is 12.0. The molecule has 3 rings (SSSR count). The first kappa shape index (κ1) is 18.1. The minimum absolute atomic E-state index is 0.129. The Hall–Kier alpha value is -1.74. The number of rotatable bonds is 7. The fourth-order valence-electron chi connectivity index (χ4n) is 2.66. The molecule has 0 aliphatic rings. The normalized spacial score (nSPS) is 12.6. The maximum Gasteiger partial charge on any atom is 0.441 e. The maximum atomic E-state index is 11.9. The van der Waals surface area contributed by atoms with Crippen molar-refractivity contribution in [1.29, 1.82) is 0 Å². The van der Waals surface area contributed by atoms with Gasteiger partial charge in [-0.1, -0.05) is 35.5 Å². The van der Waals surface area contributed by atoms with Crippen molar-refractivity contribution in [2.45, 2.75) is 19.2 Å². The third kappa shape index (κ3) is 4.66. The molecule has 6 nitrogen and oxygen atoms in total. The number of halogens is 1. The van der Waals surface area contributed by atoms with Crippen LogP contribution in [0.4, 0.5) is 0 Å². The van der Waals surface area contributed by atoms with Gasteiger partial charge in [0.1, 0.15) is 0 Å². The van der Waals surface area contributed by atoms with Gasteiger partial charge in [0.2, 0.25) is 0 Å². The first-order valence-electron chi connectivity index (χ1n) is 7.74. The third-order valence-electron chi connectivity index (χ3n) is 3.71. The van der Waals surface area contributed by atoms with Crippen LogP contribution in [0.25, 0.3) is 11.4 Å². The number of hydrogen-bond donors (Lipinski definition) is 1. The van der Waals surface area contributed by atoms with Crippen LogP contribution >= 0.6 is 27.3 Å². The molecular weight excluding hydrogens is 406 g/mol. The lowest BCUT2D eigenvalue weighted by Crippen LogP contribution is -2.34. The van der Waals surface area contributed by atoms with Crippen LogP contribution in [-0.2, 0) is 13.1 Å². The minimum atomic E-state index is -0.716. The number of benzene rings is 1. The SMILES string of the molecule is CN(Cc1csc(Br)c1)CC(O)Cn1c(-c2ccccc2)noc1=O. The second-order valence-electron chi connectivity index (χ2n) is 5.86. The van der Waals surface area contributed by atoms with Crippen molar-refractivity contribution < 1.29 is 9.63 Å². The molecule has 0 radical (unpaired) electrons. The standard InChI is InChI=1S/C17H18BrN3O3S/c1-20(8-12-7-15(18)25-11-12)9-14(22)10-21-16(19-24-17(21)23)13-5-3-2-4-6-13/h2-7,11,14,22H,8-10H2,1H3. The summed E-state index contributed by atoms with van der Waals surface area (Å²) < 4.78 is 7.24. The van der Waals surface area contributed by atoms with Crippen molar-refractivity contribution >= 4 is 27.3 Å². The lowest BCUT2D eigenvalue weighted by Gasteiger charge is -2.20. The fraction of sp³-hybridized carbons (Fsp3) is 0.294. The van der Waals surface area contributed by atoms with Gasteiger partial charge < -0.3 is 5.11 Å². The van der Waals surface area contributed by atoms with Gasteiger partial charge >= 0.3 is 5.76 Å². The molecule has 0 saturated heterocycles.